The number of hydrogen-bond donors (Lipinski definition) is 2. The van der Waals surface area contributed by atoms with Crippen LogP contribution in [-0.2, 0) is 17.6 Å². The molecule has 0 fully saturated rings. The van der Waals surface area contributed by atoms with Crippen LogP contribution < -0.4 is 11.1 Å². The number of carbonyl (C=O) groups excluding carboxylic acids is 2. The largest absolute Gasteiger partial charge is 0.365 e. The molecule has 0 radical (unpaired) electrons. The highest BCUT2D eigenvalue weighted by Gasteiger charge is 2.27. The predicted octanol–water partition coefficient (Wildman–Crippen LogP) is 4.11. The van der Waals surface area contributed by atoms with E-state index in [-0.39, 0.29) is 11.2 Å². The molecule has 4 nitrogen and oxygen atoms in total. The Morgan fingerprint density at radius 2 is 2.00 bits per heavy atom. The van der Waals surface area contributed by atoms with Gasteiger partial charge in [-0.3, -0.25) is 9.59 Å². The van der Waals surface area contributed by atoms with Gasteiger partial charge in [-0.2, -0.15) is 0 Å². The summed E-state index contributed by atoms with van der Waals surface area (Å²) in [6, 6.07) is 7.35. The lowest BCUT2D eigenvalue weighted by Gasteiger charge is -2.12. The van der Waals surface area contributed by atoms with Crippen LogP contribution in [0.1, 0.15) is 34.1 Å². The number of anilines is 1. The van der Waals surface area contributed by atoms with Crippen LogP contribution in [0.4, 0.5) is 5.00 Å². The Balaban J connectivity index is 1.72. The number of nitrogens with one attached hydrogen (secondary N) is 1. The summed E-state index contributed by atoms with van der Waals surface area (Å²) in [5, 5.41) is 3.83. The van der Waals surface area contributed by atoms with Crippen LogP contribution in [0.15, 0.2) is 29.2 Å². The average molecular weight is 381 g/mol. The lowest BCUT2D eigenvalue weighted by molar-refractivity contribution is -0.115. The van der Waals surface area contributed by atoms with Crippen molar-refractivity contribution in [3.8, 4) is 0 Å². The van der Waals surface area contributed by atoms with Crippen LogP contribution in [0.25, 0.3) is 0 Å². The Morgan fingerprint density at radius 3 is 2.67 bits per heavy atom. The third-order valence-electron chi connectivity index (χ3n) is 3.90. The van der Waals surface area contributed by atoms with Crippen molar-refractivity contribution in [3.05, 3.63) is 45.3 Å². The fourth-order valence-corrected chi connectivity index (χ4v) is 5.03. The predicted molar refractivity (Wildman–Crippen MR) is 100 cm³/mol. The molecule has 3 N–H and O–H groups in total. The number of thioether (sulfide) groups is 1. The van der Waals surface area contributed by atoms with Gasteiger partial charge in [0.2, 0.25) is 5.91 Å². The Morgan fingerprint density at radius 1 is 1.29 bits per heavy atom. The summed E-state index contributed by atoms with van der Waals surface area (Å²) < 4.78 is 0. The number of fused-ring (bicyclic) bond motifs is 1. The summed E-state index contributed by atoms with van der Waals surface area (Å²) in [5.41, 5.74) is 7.03. The van der Waals surface area contributed by atoms with Crippen molar-refractivity contribution in [2.45, 2.75) is 36.3 Å². The zero-order valence-corrected chi connectivity index (χ0v) is 15.5. The topological polar surface area (TPSA) is 72.2 Å². The molecular formula is C17H17ClN2O2S2. The van der Waals surface area contributed by atoms with Gasteiger partial charge in [-0.15, -0.1) is 23.1 Å². The first-order valence-corrected chi connectivity index (χ1v) is 9.70. The Bertz CT molecular complexity index is 787. The monoisotopic (exact) mass is 380 g/mol. The van der Waals surface area contributed by atoms with Crippen molar-refractivity contribution >= 4 is 51.5 Å². The van der Waals surface area contributed by atoms with Gasteiger partial charge in [-0.05, 0) is 56.0 Å². The van der Waals surface area contributed by atoms with Gasteiger partial charge in [0.1, 0.15) is 5.00 Å². The van der Waals surface area contributed by atoms with Gasteiger partial charge in [0.15, 0.2) is 0 Å². The van der Waals surface area contributed by atoms with Crippen LogP contribution >= 0.6 is 34.7 Å². The second kappa shape index (κ2) is 7.17. The summed E-state index contributed by atoms with van der Waals surface area (Å²) >= 11 is 8.78. The van der Waals surface area contributed by atoms with Gasteiger partial charge in [0, 0.05) is 14.8 Å². The Labute approximate surface area is 153 Å². The first-order valence-electron chi connectivity index (χ1n) is 7.63. The van der Waals surface area contributed by atoms with Gasteiger partial charge in [-0.25, -0.2) is 0 Å². The maximum absolute atomic E-state index is 12.5. The first-order chi connectivity index (χ1) is 11.5. The number of halogens is 1. The van der Waals surface area contributed by atoms with E-state index in [9.17, 15) is 9.59 Å². The van der Waals surface area contributed by atoms with Crippen molar-refractivity contribution in [1.29, 1.82) is 0 Å². The maximum atomic E-state index is 12.5. The van der Waals surface area contributed by atoms with Crippen molar-refractivity contribution in [2.75, 3.05) is 5.32 Å². The Kier molecular flexibility index (Phi) is 5.18. The molecule has 0 bridgehead atoms. The molecule has 2 amide bonds. The molecule has 7 heteroatoms. The summed E-state index contributed by atoms with van der Waals surface area (Å²) in [5.74, 6) is -0.611. The highest BCUT2D eigenvalue weighted by Crippen LogP contribution is 2.39. The zero-order chi connectivity index (χ0) is 17.3. The first kappa shape index (κ1) is 17.3. The molecule has 0 unspecified atom stereocenters. The normalized spacial score (nSPS) is 14.2. The second-order valence-electron chi connectivity index (χ2n) is 5.63. The van der Waals surface area contributed by atoms with E-state index in [1.165, 1.54) is 23.1 Å². The summed E-state index contributed by atoms with van der Waals surface area (Å²) in [6.45, 7) is 1.83. The van der Waals surface area contributed by atoms with Crippen LogP contribution in [-0.4, -0.2) is 17.1 Å². The average Bonchev–Trinajstić information content (AvgIpc) is 3.09. The van der Waals surface area contributed by atoms with Crippen molar-refractivity contribution in [2.24, 2.45) is 5.73 Å². The van der Waals surface area contributed by atoms with Gasteiger partial charge in [0.25, 0.3) is 5.91 Å². The lowest BCUT2D eigenvalue weighted by Crippen LogP contribution is -2.24. The summed E-state index contributed by atoms with van der Waals surface area (Å²) in [4.78, 5) is 26.4. The molecule has 126 valence electrons. The van der Waals surface area contributed by atoms with E-state index in [2.05, 4.69) is 5.32 Å². The molecule has 0 saturated carbocycles. The quantitative estimate of drug-likeness (QED) is 0.766. The van der Waals surface area contributed by atoms with E-state index >= 15 is 0 Å². The molecule has 1 aliphatic carbocycles. The lowest BCUT2D eigenvalue weighted by atomic mass is 10.1. The molecule has 3 rings (SSSR count). The SMILES string of the molecule is C[C@@H](Sc1ccc(Cl)cc1)C(=O)Nc1sc2c(c1C(N)=O)CCC2. The number of hydrogen-bond acceptors (Lipinski definition) is 4. The Hall–Kier alpha value is -1.50. The minimum Gasteiger partial charge on any atom is -0.365 e. The van der Waals surface area contributed by atoms with Crippen LogP contribution in [0.2, 0.25) is 5.02 Å². The maximum Gasteiger partial charge on any atom is 0.251 e. The number of benzene rings is 1. The van der Waals surface area contributed by atoms with Crippen molar-refractivity contribution < 1.29 is 9.59 Å². The number of nitrogens with two attached hydrogens (primary N) is 1. The highest BCUT2D eigenvalue weighted by atomic mass is 35.5. The smallest absolute Gasteiger partial charge is 0.251 e. The van der Waals surface area contributed by atoms with E-state index in [0.717, 1.165) is 34.6 Å². The molecule has 0 saturated heterocycles. The van der Waals surface area contributed by atoms with Gasteiger partial charge < -0.3 is 11.1 Å². The minimum absolute atomic E-state index is 0.141. The molecule has 1 atom stereocenters. The standard InChI is InChI=1S/C17H17ClN2O2S2/c1-9(23-11-7-5-10(18)6-8-11)16(22)20-17-14(15(19)21)12-3-2-4-13(12)24-17/h5-9H,2-4H2,1H3,(H2,19,21)(H,20,22)/t9-/m1/s1. The highest BCUT2D eigenvalue weighted by molar-refractivity contribution is 8.00. The molecule has 24 heavy (non-hydrogen) atoms. The van der Waals surface area contributed by atoms with Crippen molar-refractivity contribution in [3.63, 3.8) is 0 Å². The van der Waals surface area contributed by atoms with Gasteiger partial charge in [0.05, 0.1) is 10.8 Å². The van der Waals surface area contributed by atoms with E-state index in [1.54, 1.807) is 12.1 Å². The summed E-state index contributed by atoms with van der Waals surface area (Å²) in [6.07, 6.45) is 2.85. The molecule has 1 aliphatic rings. The molecule has 1 heterocycles. The van der Waals surface area contributed by atoms with Gasteiger partial charge >= 0.3 is 0 Å². The van der Waals surface area contributed by atoms with Crippen LogP contribution in [0.3, 0.4) is 0 Å². The third-order valence-corrected chi connectivity index (χ3v) is 6.47. The van der Waals surface area contributed by atoms with E-state index < -0.39 is 5.91 Å². The number of amides is 2. The van der Waals surface area contributed by atoms with Crippen LogP contribution in [0.5, 0.6) is 0 Å². The fourth-order valence-electron chi connectivity index (χ4n) is 2.74. The number of thiophene rings is 1. The molecule has 2 aromatic rings. The molecule has 0 spiro atoms. The molecule has 1 aromatic heterocycles. The number of rotatable bonds is 5. The zero-order valence-electron chi connectivity index (χ0n) is 13.1. The number of carbonyl (C=O) groups is 2. The van der Waals surface area contributed by atoms with Crippen LogP contribution in [0, 0.1) is 0 Å². The summed E-state index contributed by atoms with van der Waals surface area (Å²) in [7, 11) is 0. The van der Waals surface area contributed by atoms with Crippen molar-refractivity contribution in [1.82, 2.24) is 0 Å². The third kappa shape index (κ3) is 3.61. The molecule has 1 aromatic carbocycles. The number of aryl methyl sites for hydroxylation is 1. The number of primary amides is 1. The molecule has 0 aliphatic heterocycles. The molecular weight excluding hydrogens is 364 g/mol. The van der Waals surface area contributed by atoms with Gasteiger partial charge in [-0.1, -0.05) is 11.6 Å². The van der Waals surface area contributed by atoms with E-state index in [1.807, 2.05) is 19.1 Å². The van der Waals surface area contributed by atoms with E-state index in [4.69, 9.17) is 17.3 Å². The second-order valence-corrected chi connectivity index (χ2v) is 8.58. The fraction of sp³-hybridized carbons (Fsp3) is 0.294. The van der Waals surface area contributed by atoms with E-state index in [0.29, 0.717) is 15.6 Å². The minimum atomic E-state index is -0.470.